The predicted octanol–water partition coefficient (Wildman–Crippen LogP) is 2.36. The second-order valence-electron chi connectivity index (χ2n) is 4.42. The molecule has 5 heteroatoms. The Hall–Kier alpha value is -0.580. The maximum absolute atomic E-state index is 12.2. The van der Waals surface area contributed by atoms with Crippen molar-refractivity contribution in [2.75, 3.05) is 20.1 Å². The molecule has 94 valence electrons. The van der Waals surface area contributed by atoms with Gasteiger partial charge in [-0.05, 0) is 38.1 Å². The molecule has 1 saturated heterocycles. The van der Waals surface area contributed by atoms with Crippen LogP contribution in [0.25, 0.3) is 0 Å². The van der Waals surface area contributed by atoms with Crippen LogP contribution in [0.1, 0.15) is 17.7 Å². The first-order valence-electron chi connectivity index (χ1n) is 5.86. The number of piperidine rings is 1. The van der Waals surface area contributed by atoms with Gasteiger partial charge in [-0.1, -0.05) is 11.6 Å². The van der Waals surface area contributed by atoms with E-state index < -0.39 is 0 Å². The number of hydrogen-bond donors (Lipinski definition) is 1. The fraction of sp³-hybridized carbons (Fsp3) is 0.583. The molecule has 1 aliphatic rings. The fourth-order valence-electron chi connectivity index (χ4n) is 2.13. The van der Waals surface area contributed by atoms with E-state index in [4.69, 9.17) is 11.6 Å². The van der Waals surface area contributed by atoms with Crippen LogP contribution < -0.4 is 5.32 Å². The summed E-state index contributed by atoms with van der Waals surface area (Å²) in [5.74, 6) is 0.452. The molecule has 1 amide bonds. The van der Waals surface area contributed by atoms with Crippen LogP contribution in [0.2, 0.25) is 4.34 Å². The molecule has 0 bridgehead atoms. The van der Waals surface area contributed by atoms with Crippen LogP contribution in [0.3, 0.4) is 0 Å². The number of rotatable bonds is 3. The molecule has 0 radical (unpaired) electrons. The van der Waals surface area contributed by atoms with Crippen LogP contribution in [0.4, 0.5) is 0 Å². The Morgan fingerprint density at radius 3 is 2.82 bits per heavy atom. The predicted molar refractivity (Wildman–Crippen MR) is 71.4 cm³/mol. The molecule has 0 spiro atoms. The molecule has 1 aliphatic heterocycles. The Labute approximate surface area is 111 Å². The third-order valence-corrected chi connectivity index (χ3v) is 4.30. The van der Waals surface area contributed by atoms with E-state index in [1.165, 1.54) is 11.3 Å². The van der Waals surface area contributed by atoms with Crippen molar-refractivity contribution in [3.05, 3.63) is 21.3 Å². The molecule has 0 saturated carbocycles. The molecule has 1 N–H and O–H groups in total. The molecule has 2 heterocycles. The van der Waals surface area contributed by atoms with E-state index in [2.05, 4.69) is 5.32 Å². The fourth-order valence-corrected chi connectivity index (χ4v) is 3.27. The second kappa shape index (κ2) is 5.85. The van der Waals surface area contributed by atoms with Gasteiger partial charge in [0.15, 0.2) is 0 Å². The molecule has 0 atom stereocenters. The Kier molecular flexibility index (Phi) is 4.42. The average molecular weight is 273 g/mol. The van der Waals surface area contributed by atoms with Gasteiger partial charge in [0.25, 0.3) is 0 Å². The monoisotopic (exact) mass is 272 g/mol. The van der Waals surface area contributed by atoms with Crippen LogP contribution >= 0.6 is 22.9 Å². The van der Waals surface area contributed by atoms with Gasteiger partial charge in [0, 0.05) is 17.8 Å². The topological polar surface area (TPSA) is 32.3 Å². The highest BCUT2D eigenvalue weighted by molar-refractivity contribution is 7.16. The van der Waals surface area contributed by atoms with Crippen molar-refractivity contribution in [3.8, 4) is 0 Å². The Morgan fingerprint density at radius 1 is 1.53 bits per heavy atom. The number of carbonyl (C=O) groups is 1. The van der Waals surface area contributed by atoms with E-state index in [9.17, 15) is 4.79 Å². The van der Waals surface area contributed by atoms with Crippen LogP contribution in [-0.2, 0) is 11.3 Å². The minimum absolute atomic E-state index is 0.191. The van der Waals surface area contributed by atoms with E-state index in [-0.39, 0.29) is 11.8 Å². The molecular formula is C12H17ClN2OS. The third kappa shape index (κ3) is 3.44. The van der Waals surface area contributed by atoms with Gasteiger partial charge in [0.05, 0.1) is 10.9 Å². The zero-order valence-corrected chi connectivity index (χ0v) is 11.5. The van der Waals surface area contributed by atoms with Crippen molar-refractivity contribution in [2.45, 2.75) is 19.4 Å². The molecule has 3 nitrogen and oxygen atoms in total. The highest BCUT2D eigenvalue weighted by atomic mass is 35.5. The zero-order chi connectivity index (χ0) is 12.3. The van der Waals surface area contributed by atoms with Crippen LogP contribution in [0.15, 0.2) is 12.1 Å². The quantitative estimate of drug-likeness (QED) is 0.916. The minimum Gasteiger partial charge on any atom is -0.340 e. The number of halogens is 1. The number of hydrogen-bond acceptors (Lipinski definition) is 3. The first-order valence-corrected chi connectivity index (χ1v) is 7.06. The van der Waals surface area contributed by atoms with Crippen LogP contribution in [0.5, 0.6) is 0 Å². The third-order valence-electron chi connectivity index (χ3n) is 3.09. The lowest BCUT2D eigenvalue weighted by molar-refractivity contribution is -0.135. The summed E-state index contributed by atoms with van der Waals surface area (Å²) < 4.78 is 0.780. The summed E-state index contributed by atoms with van der Waals surface area (Å²) in [6.07, 6.45) is 1.91. The van der Waals surface area contributed by atoms with E-state index >= 15 is 0 Å². The molecule has 2 rings (SSSR count). The van der Waals surface area contributed by atoms with Gasteiger partial charge in [-0.25, -0.2) is 0 Å². The van der Waals surface area contributed by atoms with E-state index in [1.54, 1.807) is 0 Å². The van der Waals surface area contributed by atoms with Crippen molar-refractivity contribution in [1.29, 1.82) is 0 Å². The molecule has 0 aliphatic carbocycles. The van der Waals surface area contributed by atoms with E-state index in [1.807, 2.05) is 24.1 Å². The summed E-state index contributed by atoms with van der Waals surface area (Å²) >= 11 is 7.42. The van der Waals surface area contributed by atoms with Crippen molar-refractivity contribution >= 4 is 28.8 Å². The standard InChI is InChI=1S/C12H17ClN2OS/c1-15(8-10-2-3-11(13)17-10)12(16)9-4-6-14-7-5-9/h2-3,9,14H,4-8H2,1H3. The van der Waals surface area contributed by atoms with Crippen LogP contribution in [-0.4, -0.2) is 30.9 Å². The first kappa shape index (κ1) is 12.9. The molecule has 1 aromatic heterocycles. The van der Waals surface area contributed by atoms with Gasteiger partial charge >= 0.3 is 0 Å². The summed E-state index contributed by atoms with van der Waals surface area (Å²) in [5.41, 5.74) is 0. The number of nitrogens with zero attached hydrogens (tertiary/aromatic N) is 1. The zero-order valence-electron chi connectivity index (χ0n) is 9.91. The van der Waals surface area contributed by atoms with Gasteiger partial charge in [-0.15, -0.1) is 11.3 Å². The average Bonchev–Trinajstić information content (AvgIpc) is 2.75. The van der Waals surface area contributed by atoms with Gasteiger partial charge in [-0.3, -0.25) is 4.79 Å². The van der Waals surface area contributed by atoms with Gasteiger partial charge in [-0.2, -0.15) is 0 Å². The van der Waals surface area contributed by atoms with Crippen molar-refractivity contribution in [3.63, 3.8) is 0 Å². The second-order valence-corrected chi connectivity index (χ2v) is 6.22. The minimum atomic E-state index is 0.191. The Balaban J connectivity index is 1.90. The first-order chi connectivity index (χ1) is 8.16. The molecule has 0 aromatic carbocycles. The number of thiophene rings is 1. The maximum atomic E-state index is 12.2. The lowest BCUT2D eigenvalue weighted by Gasteiger charge is -2.26. The van der Waals surface area contributed by atoms with Gasteiger partial charge in [0.2, 0.25) is 5.91 Å². The van der Waals surface area contributed by atoms with E-state index in [0.29, 0.717) is 6.54 Å². The Morgan fingerprint density at radius 2 is 2.24 bits per heavy atom. The normalized spacial score (nSPS) is 17.1. The molecule has 1 aromatic rings. The maximum Gasteiger partial charge on any atom is 0.225 e. The Bertz CT molecular complexity index is 388. The highest BCUT2D eigenvalue weighted by Gasteiger charge is 2.23. The molecule has 0 unspecified atom stereocenters. The molecule has 17 heavy (non-hydrogen) atoms. The lowest BCUT2D eigenvalue weighted by Crippen LogP contribution is -2.38. The summed E-state index contributed by atoms with van der Waals surface area (Å²) in [6, 6.07) is 3.86. The van der Waals surface area contributed by atoms with Gasteiger partial charge < -0.3 is 10.2 Å². The van der Waals surface area contributed by atoms with Gasteiger partial charge in [0.1, 0.15) is 0 Å². The lowest BCUT2D eigenvalue weighted by atomic mass is 9.97. The van der Waals surface area contributed by atoms with Crippen molar-refractivity contribution in [2.24, 2.45) is 5.92 Å². The van der Waals surface area contributed by atoms with Crippen molar-refractivity contribution < 1.29 is 4.79 Å². The largest absolute Gasteiger partial charge is 0.340 e. The summed E-state index contributed by atoms with van der Waals surface area (Å²) in [5, 5.41) is 3.28. The highest BCUT2D eigenvalue weighted by Crippen LogP contribution is 2.23. The number of amides is 1. The number of nitrogens with one attached hydrogen (secondary N) is 1. The number of carbonyl (C=O) groups excluding carboxylic acids is 1. The van der Waals surface area contributed by atoms with Crippen molar-refractivity contribution in [1.82, 2.24) is 10.2 Å². The summed E-state index contributed by atoms with van der Waals surface area (Å²) in [6.45, 7) is 2.57. The molecular weight excluding hydrogens is 256 g/mol. The molecule has 1 fully saturated rings. The van der Waals surface area contributed by atoms with Crippen LogP contribution in [0, 0.1) is 5.92 Å². The summed E-state index contributed by atoms with van der Waals surface area (Å²) in [7, 11) is 1.87. The smallest absolute Gasteiger partial charge is 0.225 e. The van der Waals surface area contributed by atoms with E-state index in [0.717, 1.165) is 35.1 Å². The SMILES string of the molecule is CN(Cc1ccc(Cl)s1)C(=O)C1CCNCC1. The summed E-state index contributed by atoms with van der Waals surface area (Å²) in [4.78, 5) is 15.1.